The van der Waals surface area contributed by atoms with Gasteiger partial charge in [-0.15, -0.1) is 0 Å². The molecule has 128 valence electrons. The smallest absolute Gasteiger partial charge is 0.274 e. The molecule has 1 amide bonds. The summed E-state index contributed by atoms with van der Waals surface area (Å²) in [6, 6.07) is 9.22. The van der Waals surface area contributed by atoms with E-state index in [0.29, 0.717) is 11.6 Å². The minimum absolute atomic E-state index is 0.235. The van der Waals surface area contributed by atoms with Crippen LogP contribution in [0, 0.1) is 6.92 Å². The summed E-state index contributed by atoms with van der Waals surface area (Å²) in [5.74, 6) is 0.387. The van der Waals surface area contributed by atoms with Gasteiger partial charge in [-0.3, -0.25) is 4.79 Å². The number of hydrogen-bond donors (Lipinski definition) is 1. The van der Waals surface area contributed by atoms with Crippen LogP contribution in [0.5, 0.6) is 0 Å². The Labute approximate surface area is 151 Å². The van der Waals surface area contributed by atoms with E-state index in [1.807, 2.05) is 31.2 Å². The number of anilines is 2. The maximum Gasteiger partial charge on any atom is 0.274 e. The molecule has 0 aliphatic heterocycles. The third-order valence-electron chi connectivity index (χ3n) is 3.47. The third-order valence-corrected chi connectivity index (χ3v) is 4.16. The summed E-state index contributed by atoms with van der Waals surface area (Å²) in [5, 5.41) is 2.89. The highest BCUT2D eigenvalue weighted by molar-refractivity contribution is 9.10. The summed E-state index contributed by atoms with van der Waals surface area (Å²) in [4.78, 5) is 23.7. The lowest BCUT2D eigenvalue weighted by Gasteiger charge is -2.22. The second-order valence-corrected chi connectivity index (χ2v) is 6.47. The number of nitrogens with zero attached hydrogens (tertiary/aromatic N) is 3. The highest BCUT2D eigenvalue weighted by atomic mass is 79.9. The van der Waals surface area contributed by atoms with Gasteiger partial charge in [0.2, 0.25) is 5.95 Å². The molecule has 0 spiro atoms. The Kier molecular flexibility index (Phi) is 6.73. The lowest BCUT2D eigenvalue weighted by Crippen LogP contribution is -2.28. The fourth-order valence-electron chi connectivity index (χ4n) is 2.41. The standard InChI is InChI=1S/C18H23BrN4O/c1-4-10-23(11-5-2)18-20-13(3)12-16(22-18)17(24)21-15-9-7-6-8-14(15)19/h6-9,12H,4-5,10-11H2,1-3H3,(H,21,24). The lowest BCUT2D eigenvalue weighted by molar-refractivity contribution is 0.102. The van der Waals surface area contributed by atoms with Gasteiger partial charge in [-0.1, -0.05) is 26.0 Å². The monoisotopic (exact) mass is 390 g/mol. The molecule has 6 heteroatoms. The maximum absolute atomic E-state index is 12.6. The molecule has 5 nitrogen and oxygen atoms in total. The number of amides is 1. The van der Waals surface area contributed by atoms with Gasteiger partial charge in [-0.05, 0) is 53.9 Å². The van der Waals surface area contributed by atoms with E-state index in [-0.39, 0.29) is 5.91 Å². The summed E-state index contributed by atoms with van der Waals surface area (Å²) >= 11 is 3.43. The quantitative estimate of drug-likeness (QED) is 0.759. The van der Waals surface area contributed by atoms with Gasteiger partial charge in [0.15, 0.2) is 0 Å². The molecular weight excluding hydrogens is 368 g/mol. The van der Waals surface area contributed by atoms with E-state index in [1.165, 1.54) is 0 Å². The number of nitrogens with one attached hydrogen (secondary N) is 1. The molecule has 1 N–H and O–H groups in total. The molecule has 0 bridgehead atoms. The number of aromatic nitrogens is 2. The van der Waals surface area contributed by atoms with E-state index in [4.69, 9.17) is 0 Å². The van der Waals surface area contributed by atoms with Crippen LogP contribution >= 0.6 is 15.9 Å². The predicted octanol–water partition coefficient (Wildman–Crippen LogP) is 4.43. The van der Waals surface area contributed by atoms with Crippen LogP contribution < -0.4 is 10.2 Å². The Balaban J connectivity index is 2.26. The van der Waals surface area contributed by atoms with Crippen LogP contribution in [-0.2, 0) is 0 Å². The number of benzene rings is 1. The van der Waals surface area contributed by atoms with Gasteiger partial charge < -0.3 is 10.2 Å². The van der Waals surface area contributed by atoms with E-state index < -0.39 is 0 Å². The van der Waals surface area contributed by atoms with Crippen molar-refractivity contribution in [2.75, 3.05) is 23.3 Å². The van der Waals surface area contributed by atoms with Crippen molar-refractivity contribution in [2.24, 2.45) is 0 Å². The summed E-state index contributed by atoms with van der Waals surface area (Å²) in [6.07, 6.45) is 2.02. The van der Waals surface area contributed by atoms with Crippen LogP contribution in [0.4, 0.5) is 11.6 Å². The first kappa shape index (κ1) is 18.4. The Bertz CT molecular complexity index is 699. The van der Waals surface area contributed by atoms with Crippen LogP contribution in [0.1, 0.15) is 42.9 Å². The highest BCUT2D eigenvalue weighted by Gasteiger charge is 2.15. The molecule has 0 atom stereocenters. The molecule has 0 saturated carbocycles. The average molecular weight is 391 g/mol. The number of hydrogen-bond acceptors (Lipinski definition) is 4. The number of carbonyl (C=O) groups is 1. The molecule has 0 aliphatic rings. The predicted molar refractivity (Wildman–Crippen MR) is 102 cm³/mol. The number of rotatable bonds is 7. The topological polar surface area (TPSA) is 58.1 Å². The Morgan fingerprint density at radius 1 is 1.17 bits per heavy atom. The van der Waals surface area contributed by atoms with Gasteiger partial charge in [0.1, 0.15) is 5.69 Å². The van der Waals surface area contributed by atoms with Crippen molar-refractivity contribution < 1.29 is 4.79 Å². The fraction of sp³-hybridized carbons (Fsp3) is 0.389. The molecule has 1 aromatic heterocycles. The number of para-hydroxylation sites is 1. The minimum Gasteiger partial charge on any atom is -0.341 e. The second-order valence-electron chi connectivity index (χ2n) is 5.62. The largest absolute Gasteiger partial charge is 0.341 e. The Morgan fingerprint density at radius 3 is 2.46 bits per heavy atom. The van der Waals surface area contributed by atoms with Crippen molar-refractivity contribution in [2.45, 2.75) is 33.6 Å². The summed E-state index contributed by atoms with van der Waals surface area (Å²) in [7, 11) is 0. The van der Waals surface area contributed by atoms with Gasteiger partial charge in [0, 0.05) is 23.3 Å². The molecule has 1 aromatic carbocycles. The average Bonchev–Trinajstić information content (AvgIpc) is 2.56. The minimum atomic E-state index is -0.235. The molecule has 24 heavy (non-hydrogen) atoms. The summed E-state index contributed by atoms with van der Waals surface area (Å²) in [5.41, 5.74) is 1.89. The fourth-order valence-corrected chi connectivity index (χ4v) is 2.80. The van der Waals surface area contributed by atoms with Crippen molar-refractivity contribution in [3.05, 3.63) is 46.2 Å². The van der Waals surface area contributed by atoms with E-state index in [1.54, 1.807) is 6.07 Å². The van der Waals surface area contributed by atoms with Gasteiger partial charge in [-0.25, -0.2) is 9.97 Å². The lowest BCUT2D eigenvalue weighted by atomic mass is 10.3. The zero-order valence-corrected chi connectivity index (χ0v) is 15.9. The number of aryl methyl sites for hydroxylation is 1. The van der Waals surface area contributed by atoms with Gasteiger partial charge >= 0.3 is 0 Å². The molecule has 2 aromatic rings. The van der Waals surface area contributed by atoms with Crippen molar-refractivity contribution in [1.82, 2.24) is 9.97 Å². The zero-order chi connectivity index (χ0) is 17.5. The molecule has 2 rings (SSSR count). The van der Waals surface area contributed by atoms with Crippen LogP contribution in [0.15, 0.2) is 34.8 Å². The van der Waals surface area contributed by atoms with Crippen molar-refractivity contribution in [1.29, 1.82) is 0 Å². The van der Waals surface area contributed by atoms with E-state index in [2.05, 4.69) is 50.0 Å². The first-order valence-corrected chi connectivity index (χ1v) is 9.01. The number of carbonyl (C=O) groups excluding carboxylic acids is 1. The summed E-state index contributed by atoms with van der Waals surface area (Å²) in [6.45, 7) is 7.89. The second kappa shape index (κ2) is 8.78. The first-order chi connectivity index (χ1) is 11.5. The molecule has 0 radical (unpaired) electrons. The normalized spacial score (nSPS) is 10.5. The van der Waals surface area contributed by atoms with Crippen LogP contribution in [0.2, 0.25) is 0 Å². The molecule has 0 unspecified atom stereocenters. The molecule has 1 heterocycles. The van der Waals surface area contributed by atoms with Crippen LogP contribution in [0.3, 0.4) is 0 Å². The Morgan fingerprint density at radius 2 is 1.83 bits per heavy atom. The maximum atomic E-state index is 12.6. The number of halogens is 1. The van der Waals surface area contributed by atoms with Crippen LogP contribution in [-0.4, -0.2) is 29.0 Å². The summed E-state index contributed by atoms with van der Waals surface area (Å²) < 4.78 is 0.836. The molecule has 0 saturated heterocycles. The van der Waals surface area contributed by atoms with Gasteiger partial charge in [0.05, 0.1) is 5.69 Å². The van der Waals surface area contributed by atoms with E-state index in [9.17, 15) is 4.79 Å². The molecule has 0 fully saturated rings. The van der Waals surface area contributed by atoms with Gasteiger partial charge in [0.25, 0.3) is 5.91 Å². The van der Waals surface area contributed by atoms with Gasteiger partial charge in [-0.2, -0.15) is 0 Å². The Hall–Kier alpha value is -1.95. The zero-order valence-electron chi connectivity index (χ0n) is 14.3. The molecular formula is C18H23BrN4O. The highest BCUT2D eigenvalue weighted by Crippen LogP contribution is 2.22. The van der Waals surface area contributed by atoms with Crippen LogP contribution in [0.25, 0.3) is 0 Å². The van der Waals surface area contributed by atoms with Crippen molar-refractivity contribution in [3.8, 4) is 0 Å². The van der Waals surface area contributed by atoms with E-state index >= 15 is 0 Å². The van der Waals surface area contributed by atoms with E-state index in [0.717, 1.165) is 41.8 Å². The van der Waals surface area contributed by atoms with Crippen molar-refractivity contribution in [3.63, 3.8) is 0 Å². The van der Waals surface area contributed by atoms with Crippen molar-refractivity contribution >= 4 is 33.5 Å². The molecule has 0 aliphatic carbocycles. The third kappa shape index (κ3) is 4.77. The SMILES string of the molecule is CCCN(CCC)c1nc(C)cc(C(=O)Nc2ccccc2Br)n1. The first-order valence-electron chi connectivity index (χ1n) is 8.21.